The van der Waals surface area contributed by atoms with Crippen LogP contribution in [0, 0.1) is 0 Å². The fourth-order valence-electron chi connectivity index (χ4n) is 1.89. The number of aryl methyl sites for hydroxylation is 1. The predicted octanol–water partition coefficient (Wildman–Crippen LogP) is -0.816. The average molecular weight is 253 g/mol. The van der Waals surface area contributed by atoms with E-state index in [9.17, 15) is 4.79 Å². The predicted molar refractivity (Wildman–Crippen MR) is 65.0 cm³/mol. The lowest BCUT2D eigenvalue weighted by atomic mass is 10.2. The summed E-state index contributed by atoms with van der Waals surface area (Å²) in [5, 5.41) is 9.35. The third-order valence-electron chi connectivity index (χ3n) is 2.92. The minimum atomic E-state index is 0.0169. The number of nitrogens with one attached hydrogen (secondary N) is 2. The number of aromatic nitrogens is 3. The number of hydrogen-bond acceptors (Lipinski definition) is 5. The van der Waals surface area contributed by atoms with Crippen molar-refractivity contribution in [3.63, 3.8) is 0 Å². The smallest absolute Gasteiger partial charge is 0.220 e. The molecule has 1 fully saturated rings. The first-order valence-corrected chi connectivity index (χ1v) is 6.15. The Balaban J connectivity index is 1.62. The van der Waals surface area contributed by atoms with Gasteiger partial charge in [0.05, 0.1) is 12.7 Å². The Morgan fingerprint density at radius 1 is 1.72 bits per heavy atom. The third kappa shape index (κ3) is 4.08. The van der Waals surface area contributed by atoms with E-state index in [2.05, 4.69) is 32.4 Å². The van der Waals surface area contributed by atoms with Crippen LogP contribution < -0.4 is 5.32 Å². The first kappa shape index (κ1) is 13.0. The van der Waals surface area contributed by atoms with Gasteiger partial charge in [0.25, 0.3) is 0 Å². The van der Waals surface area contributed by atoms with Gasteiger partial charge in [0, 0.05) is 32.5 Å². The molecule has 0 saturated carbocycles. The number of nitrogens with zero attached hydrogens (tertiary/aromatic N) is 3. The number of morpholine rings is 1. The molecule has 1 atom stereocenters. The molecular formula is C11H19N5O2. The summed E-state index contributed by atoms with van der Waals surface area (Å²) >= 11 is 0. The van der Waals surface area contributed by atoms with Crippen molar-refractivity contribution in [2.75, 3.05) is 33.3 Å². The van der Waals surface area contributed by atoms with Crippen LogP contribution in [0.3, 0.4) is 0 Å². The Kier molecular flexibility index (Phi) is 4.66. The van der Waals surface area contributed by atoms with Crippen LogP contribution in [0.1, 0.15) is 12.2 Å². The van der Waals surface area contributed by atoms with Crippen LogP contribution in [-0.2, 0) is 16.0 Å². The van der Waals surface area contributed by atoms with Gasteiger partial charge >= 0.3 is 0 Å². The van der Waals surface area contributed by atoms with Gasteiger partial charge in [-0.2, -0.15) is 5.10 Å². The van der Waals surface area contributed by atoms with Gasteiger partial charge in [-0.3, -0.25) is 9.89 Å². The van der Waals surface area contributed by atoms with Gasteiger partial charge in [0.1, 0.15) is 12.2 Å². The normalized spacial score (nSPS) is 20.8. The van der Waals surface area contributed by atoms with Gasteiger partial charge in [-0.25, -0.2) is 4.98 Å². The molecule has 0 spiro atoms. The molecule has 2 heterocycles. The van der Waals surface area contributed by atoms with E-state index in [4.69, 9.17) is 4.74 Å². The van der Waals surface area contributed by atoms with Crippen LogP contribution >= 0.6 is 0 Å². The molecule has 1 aliphatic rings. The van der Waals surface area contributed by atoms with Crippen molar-refractivity contribution in [3.8, 4) is 0 Å². The van der Waals surface area contributed by atoms with Crippen molar-refractivity contribution in [2.24, 2.45) is 0 Å². The van der Waals surface area contributed by atoms with E-state index >= 15 is 0 Å². The molecule has 0 radical (unpaired) electrons. The van der Waals surface area contributed by atoms with E-state index in [-0.39, 0.29) is 12.0 Å². The molecule has 1 unspecified atom stereocenters. The average Bonchev–Trinajstić information content (AvgIpc) is 2.87. The number of rotatable bonds is 5. The Bertz CT molecular complexity index is 368. The number of ether oxygens (including phenoxy) is 1. The molecule has 18 heavy (non-hydrogen) atoms. The largest absolute Gasteiger partial charge is 0.374 e. The standard InChI is InChI=1S/C11H19N5O2/c1-16-4-5-18-9(7-16)6-12-11(17)3-2-10-13-8-14-15-10/h8-9H,2-7H2,1H3,(H,12,17)(H,13,14,15). The maximum absolute atomic E-state index is 11.6. The first-order chi connectivity index (χ1) is 8.74. The molecular weight excluding hydrogens is 234 g/mol. The summed E-state index contributed by atoms with van der Waals surface area (Å²) < 4.78 is 5.56. The van der Waals surface area contributed by atoms with Crippen LogP contribution in [0.25, 0.3) is 0 Å². The molecule has 2 N–H and O–H groups in total. The monoisotopic (exact) mass is 253 g/mol. The van der Waals surface area contributed by atoms with E-state index in [0.29, 0.717) is 19.4 Å². The highest BCUT2D eigenvalue weighted by molar-refractivity contribution is 5.76. The molecule has 2 rings (SSSR count). The second-order valence-electron chi connectivity index (χ2n) is 4.49. The third-order valence-corrected chi connectivity index (χ3v) is 2.92. The summed E-state index contributed by atoms with van der Waals surface area (Å²) in [7, 11) is 2.06. The summed E-state index contributed by atoms with van der Waals surface area (Å²) in [6, 6.07) is 0. The highest BCUT2D eigenvalue weighted by Gasteiger charge is 2.18. The van der Waals surface area contributed by atoms with E-state index in [1.807, 2.05) is 0 Å². The first-order valence-electron chi connectivity index (χ1n) is 6.15. The lowest BCUT2D eigenvalue weighted by molar-refractivity contribution is -0.122. The Morgan fingerprint density at radius 2 is 2.61 bits per heavy atom. The molecule has 7 heteroatoms. The quantitative estimate of drug-likeness (QED) is 0.716. The van der Waals surface area contributed by atoms with Crippen LogP contribution in [-0.4, -0.2) is 65.4 Å². The lowest BCUT2D eigenvalue weighted by Gasteiger charge is -2.30. The molecule has 0 aromatic carbocycles. The number of likely N-dealkylation sites (N-methyl/N-ethyl adjacent to an activating group) is 1. The maximum atomic E-state index is 11.6. The van der Waals surface area contributed by atoms with E-state index < -0.39 is 0 Å². The fraction of sp³-hybridized carbons (Fsp3) is 0.727. The Labute approximate surface area is 106 Å². The van der Waals surface area contributed by atoms with Gasteiger partial charge in [-0.05, 0) is 7.05 Å². The van der Waals surface area contributed by atoms with Crippen LogP contribution in [0.4, 0.5) is 0 Å². The minimum Gasteiger partial charge on any atom is -0.374 e. The number of carbonyl (C=O) groups is 1. The summed E-state index contributed by atoms with van der Waals surface area (Å²) in [6.45, 7) is 3.12. The topological polar surface area (TPSA) is 83.1 Å². The van der Waals surface area contributed by atoms with Gasteiger partial charge in [-0.1, -0.05) is 0 Å². The SMILES string of the molecule is CN1CCOC(CNC(=O)CCc2ncn[nH]2)C1. The van der Waals surface area contributed by atoms with E-state index in [1.165, 1.54) is 6.33 Å². The van der Waals surface area contributed by atoms with Gasteiger partial charge in [-0.15, -0.1) is 0 Å². The molecule has 0 aliphatic carbocycles. The molecule has 1 amide bonds. The van der Waals surface area contributed by atoms with Crippen molar-refractivity contribution in [1.29, 1.82) is 0 Å². The van der Waals surface area contributed by atoms with Gasteiger partial charge in [0.2, 0.25) is 5.91 Å². The Morgan fingerprint density at radius 3 is 3.33 bits per heavy atom. The number of amides is 1. The van der Waals surface area contributed by atoms with Crippen molar-refractivity contribution in [3.05, 3.63) is 12.2 Å². The number of aromatic amines is 1. The van der Waals surface area contributed by atoms with Crippen molar-refractivity contribution in [1.82, 2.24) is 25.4 Å². The Hall–Kier alpha value is -1.47. The summed E-state index contributed by atoms with van der Waals surface area (Å²) in [6.07, 6.45) is 2.53. The zero-order valence-electron chi connectivity index (χ0n) is 10.6. The molecule has 1 aromatic heterocycles. The fourth-order valence-corrected chi connectivity index (χ4v) is 1.89. The molecule has 1 aromatic rings. The number of hydrogen-bond donors (Lipinski definition) is 2. The highest BCUT2D eigenvalue weighted by atomic mass is 16.5. The second-order valence-corrected chi connectivity index (χ2v) is 4.49. The van der Waals surface area contributed by atoms with E-state index in [1.54, 1.807) is 0 Å². The van der Waals surface area contributed by atoms with Crippen LogP contribution in [0.15, 0.2) is 6.33 Å². The second kappa shape index (κ2) is 6.46. The minimum absolute atomic E-state index is 0.0169. The highest BCUT2D eigenvalue weighted by Crippen LogP contribution is 2.01. The van der Waals surface area contributed by atoms with Crippen molar-refractivity contribution in [2.45, 2.75) is 18.9 Å². The van der Waals surface area contributed by atoms with Crippen molar-refractivity contribution >= 4 is 5.91 Å². The van der Waals surface area contributed by atoms with Crippen LogP contribution in [0.2, 0.25) is 0 Å². The lowest BCUT2D eigenvalue weighted by Crippen LogP contribution is -2.45. The molecule has 7 nitrogen and oxygen atoms in total. The number of H-pyrrole nitrogens is 1. The summed E-state index contributed by atoms with van der Waals surface area (Å²) in [4.78, 5) is 17.8. The molecule has 0 bridgehead atoms. The van der Waals surface area contributed by atoms with Crippen LogP contribution in [0.5, 0.6) is 0 Å². The number of carbonyl (C=O) groups excluding carboxylic acids is 1. The maximum Gasteiger partial charge on any atom is 0.220 e. The van der Waals surface area contributed by atoms with Gasteiger partial charge < -0.3 is 15.0 Å². The molecule has 1 saturated heterocycles. The summed E-state index contributed by atoms with van der Waals surface area (Å²) in [5.74, 6) is 0.752. The summed E-state index contributed by atoms with van der Waals surface area (Å²) in [5.41, 5.74) is 0. The molecule has 1 aliphatic heterocycles. The van der Waals surface area contributed by atoms with Gasteiger partial charge in [0.15, 0.2) is 0 Å². The van der Waals surface area contributed by atoms with E-state index in [0.717, 1.165) is 25.5 Å². The van der Waals surface area contributed by atoms with Crippen molar-refractivity contribution < 1.29 is 9.53 Å². The zero-order chi connectivity index (χ0) is 12.8. The zero-order valence-corrected chi connectivity index (χ0v) is 10.6. The molecule has 100 valence electrons.